The molecule has 0 fully saturated rings. The van der Waals surface area contributed by atoms with Gasteiger partial charge in [-0.2, -0.15) is 0 Å². The third-order valence-electron chi connectivity index (χ3n) is 6.25. The van der Waals surface area contributed by atoms with Gasteiger partial charge in [0.1, 0.15) is 25.3 Å². The summed E-state index contributed by atoms with van der Waals surface area (Å²) in [6.45, 7) is 7.30. The highest BCUT2D eigenvalue weighted by Crippen LogP contribution is 2.36. The van der Waals surface area contributed by atoms with Gasteiger partial charge in [0.2, 0.25) is 5.91 Å². The number of carbonyl (C=O) groups excluding carboxylic acids is 5. The summed E-state index contributed by atoms with van der Waals surface area (Å²) >= 11 is 0. The molecule has 5 N–H and O–H groups in total. The quantitative estimate of drug-likeness (QED) is 0.0298. The molecule has 0 aromatic carbocycles. The normalized spacial score (nSPS) is 14.9. The number of phosphoric acid groups is 3. The van der Waals surface area contributed by atoms with E-state index in [4.69, 9.17) is 28.7 Å². The maximum atomic E-state index is 12.6. The van der Waals surface area contributed by atoms with E-state index < -0.39 is 59.7 Å². The van der Waals surface area contributed by atoms with Crippen molar-refractivity contribution in [2.75, 3.05) is 80.5 Å². The maximum absolute atomic E-state index is 12.6. The third-order valence-corrected chi connectivity index (χ3v) is 8.12. The number of alkyl carbamates (subject to hydrolysis) is 2. The lowest BCUT2D eigenvalue weighted by atomic mass is 10.2. The second-order valence-corrected chi connectivity index (χ2v) is 15.3. The van der Waals surface area contributed by atoms with Crippen LogP contribution in [-0.2, 0) is 65.1 Å². The van der Waals surface area contributed by atoms with Crippen molar-refractivity contribution in [3.63, 3.8) is 0 Å². The number of hydrogen-bond acceptors (Lipinski definition) is 20. The Morgan fingerprint density at radius 1 is 0.632 bits per heavy atom. The number of ether oxygens (including phenoxy) is 4. The molecule has 0 saturated carbocycles. The van der Waals surface area contributed by atoms with Gasteiger partial charge >= 0.3 is 24.1 Å². The summed E-state index contributed by atoms with van der Waals surface area (Å²) in [7, 11) is -10.2. The second-order valence-electron chi connectivity index (χ2n) is 11.1. The fourth-order valence-electron chi connectivity index (χ4n) is 3.31. The number of esters is 2. The molecule has 0 aliphatic rings. The van der Waals surface area contributed by atoms with Gasteiger partial charge in [0.15, 0.2) is 0 Å². The molecule has 0 aliphatic carbocycles. The van der Waals surface area contributed by atoms with Crippen molar-refractivity contribution in [3.8, 4) is 0 Å². The average molecular weight is 892 g/mol. The molecule has 0 rings (SSSR count). The molecule has 0 aromatic rings. The zero-order chi connectivity index (χ0) is 44.5. The zero-order valence-corrected chi connectivity index (χ0v) is 35.9. The van der Waals surface area contributed by atoms with Crippen LogP contribution in [0.5, 0.6) is 0 Å². The molecule has 5 atom stereocenters. The first-order valence-corrected chi connectivity index (χ1v) is 21.8. The van der Waals surface area contributed by atoms with E-state index in [1.807, 2.05) is 13.8 Å². The minimum absolute atomic E-state index is 0.0145. The predicted molar refractivity (Wildman–Crippen MR) is 193 cm³/mol. The summed E-state index contributed by atoms with van der Waals surface area (Å²) in [6, 6.07) is -1.91. The number of rotatable bonds is 27. The molecule has 25 nitrogen and oxygen atoms in total. The van der Waals surface area contributed by atoms with Crippen LogP contribution in [0.4, 0.5) is 9.59 Å². The summed E-state index contributed by atoms with van der Waals surface area (Å²) in [5, 5.41) is 7.53. The Kier molecular flexibility index (Phi) is 35.1. The molecule has 0 saturated heterocycles. The van der Waals surface area contributed by atoms with Gasteiger partial charge in [-0.15, -0.1) is 0 Å². The van der Waals surface area contributed by atoms with E-state index in [1.165, 1.54) is 13.8 Å². The maximum Gasteiger partial charge on any atom is 0.407 e. The number of carbonyl (C=O) groups is 5. The van der Waals surface area contributed by atoms with Crippen molar-refractivity contribution >= 4 is 53.5 Å². The Labute approximate surface area is 332 Å². The SMILES string of the molecule is CCCOC(=O)NC(C)C(=O)OCCN(CCOC(=O)C(C)NC(=O)OCCC)CC(=O)NCCCCCCOP(=O)([O-])OC.COP(=O)([O-])O.COP(=O)([O-])O. The van der Waals surface area contributed by atoms with Gasteiger partial charge in [0.05, 0.1) is 26.4 Å². The van der Waals surface area contributed by atoms with E-state index in [1.54, 1.807) is 4.90 Å². The van der Waals surface area contributed by atoms with Crippen molar-refractivity contribution in [2.24, 2.45) is 0 Å². The van der Waals surface area contributed by atoms with E-state index >= 15 is 0 Å². The molecule has 28 heteroatoms. The first-order valence-electron chi connectivity index (χ1n) is 17.4. The first-order chi connectivity index (χ1) is 26.5. The Balaban J connectivity index is -0.00000209. The molecule has 0 aromatic heterocycles. The summed E-state index contributed by atoms with van der Waals surface area (Å²) in [5.41, 5.74) is 0. The van der Waals surface area contributed by atoms with Crippen molar-refractivity contribution in [2.45, 2.75) is 78.3 Å². The Morgan fingerprint density at radius 2 is 1.04 bits per heavy atom. The van der Waals surface area contributed by atoms with Gasteiger partial charge in [-0.1, -0.05) is 26.7 Å². The molecule has 338 valence electrons. The molecule has 0 heterocycles. The summed E-state index contributed by atoms with van der Waals surface area (Å²) < 4.78 is 65.9. The summed E-state index contributed by atoms with van der Waals surface area (Å²) in [4.78, 5) is 107. The molecule has 0 spiro atoms. The zero-order valence-electron chi connectivity index (χ0n) is 33.2. The van der Waals surface area contributed by atoms with Crippen LogP contribution in [0.2, 0.25) is 0 Å². The number of amides is 3. The number of unbranched alkanes of at least 4 members (excludes halogenated alkanes) is 3. The number of nitrogens with one attached hydrogen (secondary N) is 3. The van der Waals surface area contributed by atoms with Gasteiger partial charge in [-0.25, -0.2) is 19.2 Å². The van der Waals surface area contributed by atoms with Crippen LogP contribution in [0.15, 0.2) is 0 Å². The van der Waals surface area contributed by atoms with Crippen molar-refractivity contribution in [1.29, 1.82) is 0 Å². The van der Waals surface area contributed by atoms with Crippen LogP contribution in [0.3, 0.4) is 0 Å². The number of phosphoric ester groups is 3. The van der Waals surface area contributed by atoms with E-state index in [-0.39, 0.29) is 58.6 Å². The number of hydrogen-bond donors (Lipinski definition) is 5. The lowest BCUT2D eigenvalue weighted by Gasteiger charge is -2.22. The largest absolute Gasteiger partial charge is 0.756 e. The first kappa shape index (κ1) is 58.6. The van der Waals surface area contributed by atoms with Crippen LogP contribution in [0.1, 0.15) is 66.2 Å². The molecule has 0 bridgehead atoms. The monoisotopic (exact) mass is 891 g/mol. The summed E-state index contributed by atoms with van der Waals surface area (Å²) in [5.74, 6) is -1.70. The average Bonchev–Trinajstić information content (AvgIpc) is 3.13. The highest BCUT2D eigenvalue weighted by atomic mass is 31.2. The van der Waals surface area contributed by atoms with Crippen LogP contribution in [0, 0.1) is 0 Å². The van der Waals surface area contributed by atoms with Gasteiger partial charge in [-0.3, -0.25) is 23.4 Å². The fourth-order valence-corrected chi connectivity index (χ4v) is 3.77. The van der Waals surface area contributed by atoms with Gasteiger partial charge < -0.3 is 77.5 Å². The minimum Gasteiger partial charge on any atom is -0.756 e. The molecule has 57 heavy (non-hydrogen) atoms. The molecule has 3 amide bonds. The Morgan fingerprint density at radius 3 is 1.40 bits per heavy atom. The molecular formula is C29H58N4O21P3-3. The van der Waals surface area contributed by atoms with Crippen molar-refractivity contribution in [1.82, 2.24) is 20.9 Å². The molecular weight excluding hydrogens is 833 g/mol. The number of nitrogens with zero attached hydrogens (tertiary/aromatic N) is 1. The Hall–Kier alpha value is -2.76. The lowest BCUT2D eigenvalue weighted by Crippen LogP contribution is -2.44. The fraction of sp³-hybridized carbons (Fsp3) is 0.828. The summed E-state index contributed by atoms with van der Waals surface area (Å²) in [6.07, 6.45) is 2.36. The van der Waals surface area contributed by atoms with Gasteiger partial charge in [0.25, 0.3) is 23.5 Å². The van der Waals surface area contributed by atoms with Crippen LogP contribution < -0.4 is 30.6 Å². The van der Waals surface area contributed by atoms with Crippen LogP contribution in [0.25, 0.3) is 0 Å². The molecule has 5 unspecified atom stereocenters. The lowest BCUT2D eigenvalue weighted by molar-refractivity contribution is -0.223. The second kappa shape index (κ2) is 34.1. The standard InChI is InChI=1S/C27H51N4O13P.2CH5O4P/c1-6-15-42-26(35)29-21(3)24(33)40-18-13-31(14-19-41-25(34)22(4)30-27(36)43-16-7-2)20-23(32)28-12-10-8-9-11-17-44-45(37,38)39-5;2*1-5-6(2,3)4/h21-22H,6-20H2,1-5H3,(H,28,32)(H,29,35)(H,30,36)(H,37,38);2*1H3,(H2,2,3,4)/p-3. The van der Waals surface area contributed by atoms with E-state index in [0.717, 1.165) is 27.8 Å². The third kappa shape index (κ3) is 41.2. The van der Waals surface area contributed by atoms with Gasteiger partial charge in [0, 0.05) is 41.0 Å². The highest BCUT2D eigenvalue weighted by Gasteiger charge is 2.21. The van der Waals surface area contributed by atoms with Gasteiger partial charge in [-0.05, 0) is 39.5 Å². The van der Waals surface area contributed by atoms with Crippen LogP contribution in [-0.4, -0.2) is 137 Å². The highest BCUT2D eigenvalue weighted by molar-refractivity contribution is 7.45. The molecule has 0 radical (unpaired) electrons. The minimum atomic E-state index is -4.40. The van der Waals surface area contributed by atoms with Crippen LogP contribution >= 0.6 is 23.5 Å². The molecule has 0 aliphatic heterocycles. The van der Waals surface area contributed by atoms with E-state index in [0.29, 0.717) is 38.6 Å². The smallest absolute Gasteiger partial charge is 0.407 e. The predicted octanol–water partition coefficient (Wildman–Crippen LogP) is -0.581. The van der Waals surface area contributed by atoms with E-state index in [2.05, 4.69) is 34.0 Å². The van der Waals surface area contributed by atoms with E-state index in [9.17, 15) is 52.3 Å². The van der Waals surface area contributed by atoms with Crippen molar-refractivity contribution < 1.29 is 99.2 Å². The Bertz CT molecular complexity index is 1220. The topological polar surface area (TPSA) is 359 Å². The van der Waals surface area contributed by atoms with Crippen molar-refractivity contribution in [3.05, 3.63) is 0 Å².